The smallest absolute Gasteiger partial charge is 0.120 e. The van der Waals surface area contributed by atoms with Crippen LogP contribution in [-0.2, 0) is 12.3 Å². The molecule has 0 aliphatic carbocycles. The Kier molecular flexibility index (Phi) is 6.29. The van der Waals surface area contributed by atoms with Crippen LogP contribution in [0.25, 0.3) is 11.0 Å². The predicted octanol–water partition coefficient (Wildman–Crippen LogP) is 5.59. The maximum absolute atomic E-state index is 6.21. The molecule has 3 nitrogen and oxygen atoms in total. The number of imidazole rings is 1. The van der Waals surface area contributed by atoms with Crippen molar-refractivity contribution in [1.82, 2.24) is 14.5 Å². The molecule has 2 aromatic carbocycles. The van der Waals surface area contributed by atoms with Crippen LogP contribution in [0.3, 0.4) is 0 Å². The van der Waals surface area contributed by atoms with E-state index in [0.717, 1.165) is 52.2 Å². The van der Waals surface area contributed by atoms with Crippen LogP contribution >= 0.6 is 35.0 Å². The zero-order valence-electron chi connectivity index (χ0n) is 14.4. The van der Waals surface area contributed by atoms with Gasteiger partial charge < -0.3 is 9.47 Å². The molecule has 25 heavy (non-hydrogen) atoms. The number of aromatic nitrogens is 2. The van der Waals surface area contributed by atoms with Gasteiger partial charge in [0, 0.05) is 21.5 Å². The summed E-state index contributed by atoms with van der Waals surface area (Å²) in [6.07, 6.45) is 1.07. The Balaban J connectivity index is 1.83. The lowest BCUT2D eigenvalue weighted by molar-refractivity contribution is 0.386. The van der Waals surface area contributed by atoms with Crippen molar-refractivity contribution in [2.75, 3.05) is 20.6 Å². The van der Waals surface area contributed by atoms with Crippen molar-refractivity contribution < 1.29 is 0 Å². The van der Waals surface area contributed by atoms with Gasteiger partial charge in [-0.1, -0.05) is 23.2 Å². The molecule has 0 saturated heterocycles. The van der Waals surface area contributed by atoms with Crippen LogP contribution in [0.5, 0.6) is 0 Å². The Morgan fingerprint density at radius 1 is 1.04 bits per heavy atom. The van der Waals surface area contributed by atoms with Crippen molar-refractivity contribution in [3.63, 3.8) is 0 Å². The zero-order chi connectivity index (χ0) is 17.8. The molecule has 0 fully saturated rings. The van der Waals surface area contributed by atoms with Crippen molar-refractivity contribution in [3.05, 3.63) is 58.3 Å². The molecule has 0 aliphatic heterocycles. The van der Waals surface area contributed by atoms with Crippen LogP contribution in [0.1, 0.15) is 12.2 Å². The van der Waals surface area contributed by atoms with Gasteiger partial charge in [-0.2, -0.15) is 0 Å². The van der Waals surface area contributed by atoms with Gasteiger partial charge in [-0.05, 0) is 69.5 Å². The molecule has 0 aliphatic rings. The first kappa shape index (κ1) is 18.6. The van der Waals surface area contributed by atoms with Crippen LogP contribution in [-0.4, -0.2) is 35.1 Å². The standard InChI is InChI=1S/C19H21Cl2N3S/c1-23(2)10-3-11-24-18-12-15(21)6-9-17(18)22-19(24)13-25-16-7-4-14(20)5-8-16/h4-9,12H,3,10-11,13H2,1-2H3. The van der Waals surface area contributed by atoms with E-state index in [2.05, 4.69) is 23.6 Å². The van der Waals surface area contributed by atoms with Crippen molar-refractivity contribution in [2.45, 2.75) is 23.6 Å². The number of thioether (sulfide) groups is 1. The van der Waals surface area contributed by atoms with Crippen LogP contribution in [0.15, 0.2) is 47.4 Å². The Morgan fingerprint density at radius 2 is 1.76 bits per heavy atom. The Labute approximate surface area is 162 Å². The summed E-state index contributed by atoms with van der Waals surface area (Å²) in [5.74, 6) is 1.89. The summed E-state index contributed by atoms with van der Waals surface area (Å²) >= 11 is 13.9. The highest BCUT2D eigenvalue weighted by Gasteiger charge is 2.12. The number of fused-ring (bicyclic) bond motifs is 1. The molecule has 3 aromatic rings. The van der Waals surface area contributed by atoms with Gasteiger partial charge in [0.25, 0.3) is 0 Å². The average Bonchev–Trinajstić information content (AvgIpc) is 2.91. The maximum atomic E-state index is 6.21. The molecule has 0 saturated carbocycles. The van der Waals surface area contributed by atoms with Crippen molar-refractivity contribution >= 4 is 46.0 Å². The van der Waals surface area contributed by atoms with Gasteiger partial charge in [-0.3, -0.25) is 0 Å². The Morgan fingerprint density at radius 3 is 2.48 bits per heavy atom. The minimum Gasteiger partial charge on any atom is -0.327 e. The van der Waals surface area contributed by atoms with E-state index in [-0.39, 0.29) is 0 Å². The summed E-state index contributed by atoms with van der Waals surface area (Å²) in [6, 6.07) is 13.8. The summed E-state index contributed by atoms with van der Waals surface area (Å²) < 4.78 is 2.30. The Bertz CT molecular complexity index is 844. The van der Waals surface area contributed by atoms with Gasteiger partial charge in [0.1, 0.15) is 5.82 Å². The minimum atomic E-state index is 0.748. The molecule has 0 radical (unpaired) electrons. The van der Waals surface area contributed by atoms with Crippen molar-refractivity contribution in [3.8, 4) is 0 Å². The molecule has 0 spiro atoms. The van der Waals surface area contributed by atoms with Gasteiger partial charge in [0.15, 0.2) is 0 Å². The largest absolute Gasteiger partial charge is 0.327 e. The number of benzene rings is 2. The fourth-order valence-corrected chi connectivity index (χ4v) is 3.87. The van der Waals surface area contributed by atoms with Crippen LogP contribution in [0.2, 0.25) is 10.0 Å². The van der Waals surface area contributed by atoms with Gasteiger partial charge in [-0.25, -0.2) is 4.98 Å². The van der Waals surface area contributed by atoms with Crippen LogP contribution < -0.4 is 0 Å². The normalized spacial score (nSPS) is 11.6. The molecule has 1 heterocycles. The van der Waals surface area contributed by atoms with Crippen LogP contribution in [0.4, 0.5) is 0 Å². The van der Waals surface area contributed by atoms with Crippen LogP contribution in [0, 0.1) is 0 Å². The number of nitrogens with zero attached hydrogens (tertiary/aromatic N) is 3. The third-order valence-electron chi connectivity index (χ3n) is 3.96. The lowest BCUT2D eigenvalue weighted by atomic mass is 10.3. The summed E-state index contributed by atoms with van der Waals surface area (Å²) in [5, 5.41) is 1.51. The third-order valence-corrected chi connectivity index (χ3v) is 5.45. The minimum absolute atomic E-state index is 0.748. The molecule has 0 N–H and O–H groups in total. The molecule has 0 atom stereocenters. The predicted molar refractivity (Wildman–Crippen MR) is 109 cm³/mol. The fourth-order valence-electron chi connectivity index (χ4n) is 2.73. The third kappa shape index (κ3) is 4.91. The number of halogens is 2. The summed E-state index contributed by atoms with van der Waals surface area (Å²) in [6.45, 7) is 1.98. The SMILES string of the molecule is CN(C)CCCn1c(CSc2ccc(Cl)cc2)nc2ccc(Cl)cc21. The molecular formula is C19H21Cl2N3S. The zero-order valence-corrected chi connectivity index (χ0v) is 16.7. The molecular weight excluding hydrogens is 373 g/mol. The lowest BCUT2D eigenvalue weighted by Gasteiger charge is -2.12. The summed E-state index contributed by atoms with van der Waals surface area (Å²) in [4.78, 5) is 8.22. The number of hydrogen-bond acceptors (Lipinski definition) is 3. The number of rotatable bonds is 7. The van der Waals surface area contributed by atoms with Gasteiger partial charge >= 0.3 is 0 Å². The quantitative estimate of drug-likeness (QED) is 0.488. The van der Waals surface area contributed by atoms with E-state index in [1.807, 2.05) is 42.5 Å². The highest BCUT2D eigenvalue weighted by molar-refractivity contribution is 7.98. The van der Waals surface area contributed by atoms with Gasteiger partial charge in [0.2, 0.25) is 0 Å². The first-order valence-electron chi connectivity index (χ1n) is 8.21. The van der Waals surface area contributed by atoms with E-state index in [9.17, 15) is 0 Å². The van der Waals surface area contributed by atoms with Crippen molar-refractivity contribution in [1.29, 1.82) is 0 Å². The van der Waals surface area contributed by atoms with E-state index in [4.69, 9.17) is 28.2 Å². The maximum Gasteiger partial charge on any atom is 0.120 e. The van der Waals surface area contributed by atoms with Gasteiger partial charge in [0.05, 0.1) is 16.8 Å². The van der Waals surface area contributed by atoms with E-state index in [0.29, 0.717) is 0 Å². The summed E-state index contributed by atoms with van der Waals surface area (Å²) in [5.41, 5.74) is 2.11. The second kappa shape index (κ2) is 8.45. The molecule has 1 aromatic heterocycles. The van der Waals surface area contributed by atoms with E-state index < -0.39 is 0 Å². The highest BCUT2D eigenvalue weighted by Crippen LogP contribution is 2.27. The molecule has 0 unspecified atom stereocenters. The van der Waals surface area contributed by atoms with Crippen molar-refractivity contribution in [2.24, 2.45) is 0 Å². The second-order valence-electron chi connectivity index (χ2n) is 6.21. The first-order chi connectivity index (χ1) is 12.0. The van der Waals surface area contributed by atoms with E-state index in [1.54, 1.807) is 11.8 Å². The molecule has 132 valence electrons. The molecule has 0 amide bonds. The van der Waals surface area contributed by atoms with Gasteiger partial charge in [-0.15, -0.1) is 11.8 Å². The topological polar surface area (TPSA) is 21.1 Å². The average molecular weight is 394 g/mol. The number of aryl methyl sites for hydroxylation is 1. The van der Waals surface area contributed by atoms with E-state index in [1.165, 1.54) is 4.90 Å². The Hall–Kier alpha value is -1.20. The first-order valence-corrected chi connectivity index (χ1v) is 9.95. The monoisotopic (exact) mass is 393 g/mol. The second-order valence-corrected chi connectivity index (χ2v) is 8.13. The fraction of sp³-hybridized carbons (Fsp3) is 0.316. The number of hydrogen-bond donors (Lipinski definition) is 0. The lowest BCUT2D eigenvalue weighted by Crippen LogP contribution is -2.15. The molecule has 3 rings (SSSR count). The highest BCUT2D eigenvalue weighted by atomic mass is 35.5. The van der Waals surface area contributed by atoms with E-state index >= 15 is 0 Å². The molecule has 6 heteroatoms. The molecule has 0 bridgehead atoms. The summed E-state index contributed by atoms with van der Waals surface area (Å²) in [7, 11) is 4.19.